The van der Waals surface area contributed by atoms with Crippen LogP contribution in [0.1, 0.15) is 64.1 Å². The SMILES string of the molecule is COc1ccc(OC)c([C@H]2[C@H](C(=O)C(C)(C)C)N3c4ccc(C)cc4C=C[C@@H]3C23C(=O)c2ccccc2C3=O)c1. The van der Waals surface area contributed by atoms with Gasteiger partial charge >= 0.3 is 0 Å². The first kappa shape index (κ1) is 26.1. The average molecular weight is 536 g/mol. The molecule has 3 aromatic carbocycles. The van der Waals surface area contributed by atoms with Crippen molar-refractivity contribution in [2.24, 2.45) is 10.8 Å². The van der Waals surface area contributed by atoms with Crippen LogP contribution in [0, 0.1) is 17.8 Å². The van der Waals surface area contributed by atoms with Crippen LogP contribution >= 0.6 is 0 Å². The van der Waals surface area contributed by atoms with Crippen LogP contribution in [0.3, 0.4) is 0 Å². The lowest BCUT2D eigenvalue weighted by Crippen LogP contribution is -2.49. The van der Waals surface area contributed by atoms with Crippen molar-refractivity contribution in [1.29, 1.82) is 0 Å². The fourth-order valence-electron chi connectivity index (χ4n) is 6.97. The van der Waals surface area contributed by atoms with Crippen LogP contribution in [0.4, 0.5) is 5.69 Å². The number of ether oxygens (including phenoxy) is 2. The van der Waals surface area contributed by atoms with Gasteiger partial charge in [0.25, 0.3) is 0 Å². The van der Waals surface area contributed by atoms with Crippen molar-refractivity contribution in [3.63, 3.8) is 0 Å². The predicted octanol–water partition coefficient (Wildman–Crippen LogP) is 6.06. The van der Waals surface area contributed by atoms with Crippen molar-refractivity contribution >= 4 is 29.1 Å². The molecule has 3 aliphatic rings. The van der Waals surface area contributed by atoms with E-state index in [0.717, 1.165) is 16.8 Å². The Bertz CT molecular complexity index is 1580. The lowest BCUT2D eigenvalue weighted by molar-refractivity contribution is -0.127. The summed E-state index contributed by atoms with van der Waals surface area (Å²) < 4.78 is 11.4. The third-order valence-electron chi connectivity index (χ3n) is 8.74. The van der Waals surface area contributed by atoms with Crippen LogP contribution in [0.2, 0.25) is 0 Å². The van der Waals surface area contributed by atoms with Crippen molar-refractivity contribution in [2.45, 2.75) is 45.7 Å². The number of carbonyl (C=O) groups is 3. The molecule has 1 saturated heterocycles. The Kier molecular flexibility index (Phi) is 5.81. The molecule has 0 unspecified atom stereocenters. The van der Waals surface area contributed by atoms with Gasteiger partial charge in [-0.15, -0.1) is 0 Å². The Morgan fingerprint density at radius 1 is 0.900 bits per heavy atom. The topological polar surface area (TPSA) is 72.9 Å². The molecule has 1 aliphatic carbocycles. The molecule has 3 aromatic rings. The van der Waals surface area contributed by atoms with E-state index in [2.05, 4.69) is 6.07 Å². The Morgan fingerprint density at radius 3 is 2.17 bits per heavy atom. The lowest BCUT2D eigenvalue weighted by Gasteiger charge is -2.38. The molecule has 204 valence electrons. The molecule has 0 amide bonds. The highest BCUT2D eigenvalue weighted by molar-refractivity contribution is 6.32. The van der Waals surface area contributed by atoms with E-state index in [9.17, 15) is 14.4 Å². The first-order valence-electron chi connectivity index (χ1n) is 13.6. The highest BCUT2D eigenvalue weighted by Gasteiger charge is 2.72. The van der Waals surface area contributed by atoms with E-state index in [-0.39, 0.29) is 17.3 Å². The number of fused-ring (bicyclic) bond motifs is 5. The quantitative estimate of drug-likeness (QED) is 0.378. The van der Waals surface area contributed by atoms with Gasteiger partial charge in [0.15, 0.2) is 17.3 Å². The summed E-state index contributed by atoms with van der Waals surface area (Å²) in [6.07, 6.45) is 3.93. The number of aryl methyl sites for hydroxylation is 1. The summed E-state index contributed by atoms with van der Waals surface area (Å²) in [5.74, 6) is -0.354. The molecule has 6 nitrogen and oxygen atoms in total. The van der Waals surface area contributed by atoms with Crippen LogP contribution < -0.4 is 14.4 Å². The molecule has 0 N–H and O–H groups in total. The number of anilines is 1. The number of hydrogen-bond acceptors (Lipinski definition) is 6. The van der Waals surface area contributed by atoms with Gasteiger partial charge in [0, 0.05) is 33.7 Å². The molecular weight excluding hydrogens is 502 g/mol. The third-order valence-corrected chi connectivity index (χ3v) is 8.74. The van der Waals surface area contributed by atoms with Gasteiger partial charge in [-0.1, -0.05) is 68.8 Å². The highest BCUT2D eigenvalue weighted by atomic mass is 16.5. The molecule has 0 bridgehead atoms. The molecule has 2 heterocycles. The number of Topliss-reactive ketones (excluding diaryl/α,β-unsaturated/α-hetero) is 3. The van der Waals surface area contributed by atoms with Crippen LogP contribution in [0.5, 0.6) is 11.5 Å². The molecule has 6 rings (SSSR count). The fourth-order valence-corrected chi connectivity index (χ4v) is 6.97. The highest BCUT2D eigenvalue weighted by Crippen LogP contribution is 2.62. The number of nitrogens with zero attached hydrogens (tertiary/aromatic N) is 1. The minimum Gasteiger partial charge on any atom is -0.497 e. The number of rotatable bonds is 4. The molecule has 0 aromatic heterocycles. The second-order valence-electron chi connectivity index (χ2n) is 12.0. The van der Waals surface area contributed by atoms with E-state index >= 15 is 0 Å². The molecule has 2 aliphatic heterocycles. The molecule has 40 heavy (non-hydrogen) atoms. The Labute approximate surface area is 234 Å². The largest absolute Gasteiger partial charge is 0.497 e. The molecular formula is C34H33NO5. The zero-order valence-corrected chi connectivity index (χ0v) is 23.6. The number of carbonyl (C=O) groups excluding carboxylic acids is 3. The van der Waals surface area contributed by atoms with Gasteiger partial charge in [0.1, 0.15) is 16.9 Å². The molecule has 0 saturated carbocycles. The normalized spacial score (nSPS) is 22.2. The predicted molar refractivity (Wildman–Crippen MR) is 155 cm³/mol. The summed E-state index contributed by atoms with van der Waals surface area (Å²) in [6, 6.07) is 17.0. The maximum absolute atomic E-state index is 14.7. The minimum absolute atomic E-state index is 0.0531. The van der Waals surface area contributed by atoms with Gasteiger partial charge < -0.3 is 14.4 Å². The lowest BCUT2D eigenvalue weighted by atomic mass is 9.63. The van der Waals surface area contributed by atoms with Crippen molar-refractivity contribution < 1.29 is 23.9 Å². The first-order chi connectivity index (χ1) is 19.0. The molecule has 6 heteroatoms. The monoisotopic (exact) mass is 535 g/mol. The van der Waals surface area contributed by atoms with Crippen molar-refractivity contribution in [3.8, 4) is 11.5 Å². The zero-order chi connectivity index (χ0) is 28.6. The van der Waals surface area contributed by atoms with Crippen LogP contribution in [0.15, 0.2) is 66.7 Å². The minimum atomic E-state index is -1.58. The van der Waals surface area contributed by atoms with Gasteiger partial charge in [0.05, 0.1) is 26.3 Å². The van der Waals surface area contributed by atoms with E-state index in [1.54, 1.807) is 50.6 Å². The summed E-state index contributed by atoms with van der Waals surface area (Å²) in [5.41, 5.74) is 1.93. The molecule has 1 fully saturated rings. The van der Waals surface area contributed by atoms with Crippen LogP contribution in [0.25, 0.3) is 6.08 Å². The summed E-state index contributed by atoms with van der Waals surface area (Å²) >= 11 is 0. The van der Waals surface area contributed by atoms with Gasteiger partial charge in [-0.2, -0.15) is 0 Å². The molecule has 1 spiro atoms. The summed E-state index contributed by atoms with van der Waals surface area (Å²) in [6.45, 7) is 7.68. The fraction of sp³-hybridized carbons (Fsp3) is 0.324. The Morgan fingerprint density at radius 2 is 1.57 bits per heavy atom. The number of methoxy groups -OCH3 is 2. The van der Waals surface area contributed by atoms with Crippen molar-refractivity contribution in [2.75, 3.05) is 19.1 Å². The summed E-state index contributed by atoms with van der Waals surface area (Å²) in [5, 5.41) is 0. The summed E-state index contributed by atoms with van der Waals surface area (Å²) in [7, 11) is 3.13. The van der Waals surface area contributed by atoms with E-state index in [0.29, 0.717) is 28.2 Å². The summed E-state index contributed by atoms with van der Waals surface area (Å²) in [4.78, 5) is 46.1. The Hall–Kier alpha value is -4.19. The number of ketones is 3. The zero-order valence-electron chi connectivity index (χ0n) is 23.6. The van der Waals surface area contributed by atoms with E-state index < -0.39 is 28.8 Å². The van der Waals surface area contributed by atoms with E-state index in [1.807, 2.05) is 62.9 Å². The van der Waals surface area contributed by atoms with Gasteiger partial charge in [-0.05, 0) is 42.8 Å². The number of benzene rings is 3. The third kappa shape index (κ3) is 3.38. The van der Waals surface area contributed by atoms with Gasteiger partial charge in [-0.25, -0.2) is 0 Å². The maximum Gasteiger partial charge on any atom is 0.180 e. The maximum atomic E-state index is 14.7. The second-order valence-corrected chi connectivity index (χ2v) is 12.0. The van der Waals surface area contributed by atoms with Crippen LogP contribution in [-0.4, -0.2) is 43.7 Å². The van der Waals surface area contributed by atoms with Gasteiger partial charge in [-0.3, -0.25) is 14.4 Å². The first-order valence-corrected chi connectivity index (χ1v) is 13.6. The van der Waals surface area contributed by atoms with E-state index in [1.165, 1.54) is 0 Å². The molecule has 3 atom stereocenters. The second kappa shape index (κ2) is 8.91. The average Bonchev–Trinajstić information content (AvgIpc) is 3.37. The molecule has 0 radical (unpaired) electrons. The van der Waals surface area contributed by atoms with Crippen LogP contribution in [-0.2, 0) is 4.79 Å². The standard InChI is InChI=1S/C34H33NO5/c1-19-11-14-25-20(17-19)12-16-27-34(30(36)22-9-7-8-10-23(22)31(34)37)28(29(35(25)27)32(38)33(2,3)4)24-18-21(39-5)13-15-26(24)40-6/h7-18,27-29H,1-6H3/t27-,28+,29-/m1/s1. The number of hydrogen-bond donors (Lipinski definition) is 0. The smallest absolute Gasteiger partial charge is 0.180 e. The Balaban J connectivity index is 1.74. The van der Waals surface area contributed by atoms with Crippen molar-refractivity contribution in [3.05, 3.63) is 94.6 Å². The van der Waals surface area contributed by atoms with Crippen molar-refractivity contribution in [1.82, 2.24) is 0 Å². The van der Waals surface area contributed by atoms with E-state index in [4.69, 9.17) is 9.47 Å². The van der Waals surface area contributed by atoms with Gasteiger partial charge in [0.2, 0.25) is 0 Å².